The van der Waals surface area contributed by atoms with Crippen LogP contribution in [0.5, 0.6) is 11.5 Å². The third-order valence-corrected chi connectivity index (χ3v) is 7.62. The molecule has 2 aromatic carbocycles. The molecule has 2 bridgehead atoms. The number of piperidine rings is 1. The standard InChI is InChI=1S/C25H25NO3/c1-15-8-10-17-14-20-19-11-9-16(2)23-25(19,21(17)22(15)29-23)12-13-26(20)24(27)28-18-6-4-3-5-7-18/h3-10,19-20,23H,11-14H2,1-2H3/t19?,20?,23-,25-/m1/s1. The topological polar surface area (TPSA) is 38.8 Å². The van der Waals surface area contributed by atoms with Crippen molar-refractivity contribution in [3.63, 3.8) is 0 Å². The summed E-state index contributed by atoms with van der Waals surface area (Å²) < 4.78 is 12.3. The Labute approximate surface area is 171 Å². The van der Waals surface area contributed by atoms with Gasteiger partial charge in [0.15, 0.2) is 0 Å². The van der Waals surface area contributed by atoms with Crippen molar-refractivity contribution >= 4 is 6.09 Å². The van der Waals surface area contributed by atoms with Crippen molar-refractivity contribution in [1.82, 2.24) is 4.90 Å². The molecule has 4 atom stereocenters. The maximum atomic E-state index is 13.1. The predicted molar refractivity (Wildman–Crippen MR) is 110 cm³/mol. The molecule has 4 aliphatic rings. The minimum atomic E-state index is -0.228. The predicted octanol–water partition coefficient (Wildman–Crippen LogP) is 4.79. The van der Waals surface area contributed by atoms with E-state index in [1.165, 1.54) is 22.3 Å². The van der Waals surface area contributed by atoms with Gasteiger partial charge in [0.05, 0.1) is 0 Å². The number of carbonyl (C=O) groups is 1. The van der Waals surface area contributed by atoms with Crippen LogP contribution >= 0.6 is 0 Å². The van der Waals surface area contributed by atoms with Crippen LogP contribution in [0.25, 0.3) is 0 Å². The lowest BCUT2D eigenvalue weighted by Gasteiger charge is -2.57. The summed E-state index contributed by atoms with van der Waals surface area (Å²) in [6.45, 7) is 5.07. The van der Waals surface area contributed by atoms with E-state index < -0.39 is 0 Å². The first-order chi connectivity index (χ1) is 14.1. The van der Waals surface area contributed by atoms with Gasteiger partial charge in [-0.05, 0) is 67.9 Å². The smallest absolute Gasteiger partial charge is 0.415 e. The van der Waals surface area contributed by atoms with Crippen LogP contribution in [-0.4, -0.2) is 29.7 Å². The van der Waals surface area contributed by atoms with E-state index in [-0.39, 0.29) is 23.7 Å². The summed E-state index contributed by atoms with van der Waals surface area (Å²) in [6, 6.07) is 14.0. The molecule has 2 heterocycles. The minimum Gasteiger partial charge on any atom is -0.485 e. The van der Waals surface area contributed by atoms with Crippen LogP contribution in [0, 0.1) is 12.8 Å². The maximum Gasteiger partial charge on any atom is 0.415 e. The first-order valence-corrected chi connectivity index (χ1v) is 10.6. The van der Waals surface area contributed by atoms with Gasteiger partial charge in [-0.1, -0.05) is 36.4 Å². The van der Waals surface area contributed by atoms with Gasteiger partial charge in [0.25, 0.3) is 0 Å². The summed E-state index contributed by atoms with van der Waals surface area (Å²) in [4.78, 5) is 15.1. The van der Waals surface area contributed by atoms with E-state index >= 15 is 0 Å². The Balaban J connectivity index is 1.43. The number of carbonyl (C=O) groups excluding carboxylic acids is 1. The second kappa shape index (κ2) is 5.88. The zero-order valence-corrected chi connectivity index (χ0v) is 16.9. The van der Waals surface area contributed by atoms with Gasteiger partial charge in [-0.15, -0.1) is 0 Å². The van der Waals surface area contributed by atoms with E-state index in [4.69, 9.17) is 9.47 Å². The molecule has 2 aromatic rings. The highest BCUT2D eigenvalue weighted by Crippen LogP contribution is 2.62. The lowest BCUT2D eigenvalue weighted by atomic mass is 9.52. The molecule has 4 heteroatoms. The molecule has 29 heavy (non-hydrogen) atoms. The summed E-state index contributed by atoms with van der Waals surface area (Å²) in [6.07, 6.45) is 5.01. The van der Waals surface area contributed by atoms with Crippen LogP contribution in [0.15, 0.2) is 54.1 Å². The molecule has 1 amide bonds. The van der Waals surface area contributed by atoms with Crippen LogP contribution in [-0.2, 0) is 11.8 Å². The number of aryl methyl sites for hydroxylation is 1. The second-order valence-corrected chi connectivity index (χ2v) is 8.97. The Bertz CT molecular complexity index is 1040. The quantitative estimate of drug-likeness (QED) is 0.661. The van der Waals surface area contributed by atoms with Gasteiger partial charge in [-0.2, -0.15) is 0 Å². The van der Waals surface area contributed by atoms with Crippen molar-refractivity contribution in [3.05, 3.63) is 70.8 Å². The highest BCUT2D eigenvalue weighted by Gasteiger charge is 2.64. The number of para-hydroxylation sites is 1. The number of hydrogen-bond donors (Lipinski definition) is 0. The molecule has 2 aliphatic heterocycles. The molecule has 4 nitrogen and oxygen atoms in total. The van der Waals surface area contributed by atoms with Crippen LogP contribution < -0.4 is 9.47 Å². The van der Waals surface area contributed by atoms with E-state index in [0.29, 0.717) is 18.2 Å². The molecule has 148 valence electrons. The van der Waals surface area contributed by atoms with Crippen molar-refractivity contribution in [2.45, 2.75) is 50.7 Å². The number of ether oxygens (including phenoxy) is 2. The summed E-state index contributed by atoms with van der Waals surface area (Å²) in [5.41, 5.74) is 5.35. The van der Waals surface area contributed by atoms with Gasteiger partial charge < -0.3 is 14.4 Å². The number of likely N-dealkylation sites (tertiary alicyclic amines) is 1. The first-order valence-electron chi connectivity index (χ1n) is 10.6. The zero-order valence-electron chi connectivity index (χ0n) is 16.9. The largest absolute Gasteiger partial charge is 0.485 e. The molecule has 0 radical (unpaired) electrons. The normalized spacial score (nSPS) is 30.9. The SMILES string of the molecule is CC1=CCC2C3Cc4ccc(C)c5c4[C@]2(CCN3C(=O)Oc2ccccc2)[C@@H]1O5. The average Bonchev–Trinajstić information content (AvgIpc) is 3.07. The maximum absolute atomic E-state index is 13.1. The van der Waals surface area contributed by atoms with Crippen molar-refractivity contribution in [2.24, 2.45) is 5.92 Å². The minimum absolute atomic E-state index is 0.00195. The molecular weight excluding hydrogens is 362 g/mol. The number of amides is 1. The summed E-state index contributed by atoms with van der Waals surface area (Å²) in [5, 5.41) is 0. The molecule has 0 N–H and O–H groups in total. The Morgan fingerprint density at radius 1 is 1.17 bits per heavy atom. The fraction of sp³-hybridized carbons (Fsp3) is 0.400. The molecule has 0 saturated carbocycles. The summed E-state index contributed by atoms with van der Waals surface area (Å²) in [5.74, 6) is 2.09. The van der Waals surface area contributed by atoms with E-state index in [0.717, 1.165) is 25.0 Å². The van der Waals surface area contributed by atoms with Crippen molar-refractivity contribution in [2.75, 3.05) is 6.54 Å². The van der Waals surface area contributed by atoms with Crippen LogP contribution in [0.4, 0.5) is 4.79 Å². The van der Waals surface area contributed by atoms with Crippen LogP contribution in [0.2, 0.25) is 0 Å². The lowest BCUT2D eigenvalue weighted by Crippen LogP contribution is -2.65. The Kier molecular flexibility index (Phi) is 3.48. The Morgan fingerprint density at radius 2 is 2.00 bits per heavy atom. The van der Waals surface area contributed by atoms with E-state index in [1.807, 2.05) is 35.2 Å². The van der Waals surface area contributed by atoms with Gasteiger partial charge in [-0.25, -0.2) is 4.79 Å². The summed E-state index contributed by atoms with van der Waals surface area (Å²) in [7, 11) is 0. The monoisotopic (exact) mass is 387 g/mol. The van der Waals surface area contributed by atoms with Crippen molar-refractivity contribution < 1.29 is 14.3 Å². The first kappa shape index (κ1) is 17.1. The fourth-order valence-electron chi connectivity index (χ4n) is 6.41. The number of hydrogen-bond acceptors (Lipinski definition) is 3. The van der Waals surface area contributed by atoms with Gasteiger partial charge in [0.2, 0.25) is 0 Å². The van der Waals surface area contributed by atoms with Crippen LogP contribution in [0.1, 0.15) is 36.5 Å². The van der Waals surface area contributed by atoms with Gasteiger partial charge >= 0.3 is 6.09 Å². The Morgan fingerprint density at radius 3 is 2.83 bits per heavy atom. The van der Waals surface area contributed by atoms with Crippen molar-refractivity contribution in [1.29, 1.82) is 0 Å². The molecule has 1 fully saturated rings. The summed E-state index contributed by atoms with van der Waals surface area (Å²) >= 11 is 0. The fourth-order valence-corrected chi connectivity index (χ4v) is 6.41. The highest BCUT2D eigenvalue weighted by molar-refractivity contribution is 5.72. The molecule has 2 aliphatic carbocycles. The lowest BCUT2D eigenvalue weighted by molar-refractivity contribution is -0.0101. The zero-order chi connectivity index (χ0) is 19.8. The van der Waals surface area contributed by atoms with E-state index in [9.17, 15) is 4.79 Å². The average molecular weight is 387 g/mol. The van der Waals surface area contributed by atoms with Crippen LogP contribution in [0.3, 0.4) is 0 Å². The second-order valence-electron chi connectivity index (χ2n) is 8.97. The molecule has 1 spiro atoms. The molecule has 2 unspecified atom stereocenters. The third kappa shape index (κ3) is 2.17. The number of rotatable bonds is 1. The van der Waals surface area contributed by atoms with Crippen molar-refractivity contribution in [3.8, 4) is 11.5 Å². The molecule has 6 rings (SSSR count). The number of nitrogens with zero attached hydrogens (tertiary/aromatic N) is 1. The number of benzene rings is 2. The van der Waals surface area contributed by atoms with E-state index in [1.54, 1.807) is 0 Å². The van der Waals surface area contributed by atoms with Gasteiger partial charge in [0.1, 0.15) is 17.6 Å². The number of allylic oxidation sites excluding steroid dienone is 1. The van der Waals surface area contributed by atoms with Gasteiger partial charge in [0, 0.05) is 23.6 Å². The molecule has 1 saturated heterocycles. The Hall–Kier alpha value is -2.75. The highest BCUT2D eigenvalue weighted by atomic mass is 16.6. The van der Waals surface area contributed by atoms with Gasteiger partial charge in [-0.3, -0.25) is 0 Å². The molecule has 0 aromatic heterocycles. The molecular formula is C25H25NO3. The van der Waals surface area contributed by atoms with E-state index in [2.05, 4.69) is 32.1 Å². The third-order valence-electron chi connectivity index (χ3n) is 7.62.